The summed E-state index contributed by atoms with van der Waals surface area (Å²) in [5.74, 6) is 1.00. The molecule has 132 valence electrons. The summed E-state index contributed by atoms with van der Waals surface area (Å²) in [7, 11) is 1.92. The highest BCUT2D eigenvalue weighted by Crippen LogP contribution is 2.28. The number of aryl methyl sites for hydroxylation is 3. The van der Waals surface area contributed by atoms with E-state index in [9.17, 15) is 4.79 Å². The van der Waals surface area contributed by atoms with E-state index in [4.69, 9.17) is 4.52 Å². The van der Waals surface area contributed by atoms with Crippen molar-refractivity contribution in [3.8, 4) is 0 Å². The number of thiophene rings is 1. The quantitative estimate of drug-likeness (QED) is 0.717. The van der Waals surface area contributed by atoms with E-state index in [-0.39, 0.29) is 5.91 Å². The predicted molar refractivity (Wildman–Crippen MR) is 95.7 cm³/mol. The molecule has 0 radical (unpaired) electrons. The number of amides is 1. The average Bonchev–Trinajstić information content (AvgIpc) is 3.27. The number of fused-ring (bicyclic) bond motifs is 1. The van der Waals surface area contributed by atoms with Gasteiger partial charge >= 0.3 is 0 Å². The number of piperazine rings is 1. The van der Waals surface area contributed by atoms with Crippen LogP contribution in [0.15, 0.2) is 16.7 Å². The zero-order valence-electron chi connectivity index (χ0n) is 14.7. The Bertz CT molecular complexity index is 882. The molecule has 1 aliphatic rings. The highest BCUT2D eigenvalue weighted by molar-refractivity contribution is 7.20. The van der Waals surface area contributed by atoms with Gasteiger partial charge < -0.3 is 9.42 Å². The molecule has 0 bridgehead atoms. The standard InChI is InChI=1S/C17H21N5O2S/c1-11-8-13(24-19-11)10-21-4-6-22(7-5-21)16(23)15-9-14-12(2)18-20(3)17(14)25-15/h8-9H,4-7,10H2,1-3H3. The van der Waals surface area contributed by atoms with Gasteiger partial charge in [-0.2, -0.15) is 5.10 Å². The topological polar surface area (TPSA) is 67.4 Å². The van der Waals surface area contributed by atoms with E-state index >= 15 is 0 Å². The van der Waals surface area contributed by atoms with E-state index in [1.807, 2.05) is 42.6 Å². The second kappa shape index (κ2) is 6.27. The Morgan fingerprint density at radius 2 is 2.00 bits per heavy atom. The van der Waals surface area contributed by atoms with Crippen LogP contribution < -0.4 is 0 Å². The minimum atomic E-state index is 0.121. The number of rotatable bonds is 3. The van der Waals surface area contributed by atoms with Crippen LogP contribution in [0.25, 0.3) is 10.2 Å². The molecule has 4 heterocycles. The third-order valence-corrected chi connectivity index (χ3v) is 5.81. The molecule has 3 aromatic heterocycles. The van der Waals surface area contributed by atoms with Gasteiger partial charge in [0.1, 0.15) is 4.83 Å². The minimum Gasteiger partial charge on any atom is -0.360 e. The molecule has 1 amide bonds. The van der Waals surface area contributed by atoms with Gasteiger partial charge in [0, 0.05) is 44.7 Å². The van der Waals surface area contributed by atoms with Crippen LogP contribution in [0, 0.1) is 13.8 Å². The minimum absolute atomic E-state index is 0.121. The van der Waals surface area contributed by atoms with Crippen molar-refractivity contribution in [2.24, 2.45) is 7.05 Å². The fourth-order valence-electron chi connectivity index (χ4n) is 3.29. The van der Waals surface area contributed by atoms with Gasteiger partial charge in [-0.25, -0.2) is 0 Å². The van der Waals surface area contributed by atoms with Crippen LogP contribution in [0.5, 0.6) is 0 Å². The lowest BCUT2D eigenvalue weighted by atomic mass is 10.2. The number of aromatic nitrogens is 3. The van der Waals surface area contributed by atoms with Crippen LogP contribution in [0.3, 0.4) is 0 Å². The van der Waals surface area contributed by atoms with E-state index in [0.717, 1.165) is 65.0 Å². The normalized spacial score (nSPS) is 16.0. The van der Waals surface area contributed by atoms with Crippen molar-refractivity contribution >= 4 is 27.5 Å². The lowest BCUT2D eigenvalue weighted by Crippen LogP contribution is -2.48. The van der Waals surface area contributed by atoms with Gasteiger partial charge in [0.2, 0.25) is 0 Å². The number of hydrogen-bond acceptors (Lipinski definition) is 6. The van der Waals surface area contributed by atoms with Gasteiger partial charge in [-0.1, -0.05) is 5.16 Å². The van der Waals surface area contributed by atoms with Gasteiger partial charge in [0.05, 0.1) is 22.8 Å². The first-order valence-corrected chi connectivity index (χ1v) is 9.20. The van der Waals surface area contributed by atoms with Gasteiger partial charge in [0.15, 0.2) is 5.76 Å². The highest BCUT2D eigenvalue weighted by atomic mass is 32.1. The summed E-state index contributed by atoms with van der Waals surface area (Å²) >= 11 is 1.53. The zero-order chi connectivity index (χ0) is 17.6. The van der Waals surface area contributed by atoms with E-state index in [1.165, 1.54) is 11.3 Å². The van der Waals surface area contributed by atoms with Gasteiger partial charge in [-0.05, 0) is 19.9 Å². The summed E-state index contributed by atoms with van der Waals surface area (Å²) in [5, 5.41) is 9.40. The van der Waals surface area contributed by atoms with Crippen LogP contribution in [0.4, 0.5) is 0 Å². The number of nitrogens with zero attached hydrogens (tertiary/aromatic N) is 5. The van der Waals surface area contributed by atoms with Crippen LogP contribution in [0.2, 0.25) is 0 Å². The molecule has 0 aromatic carbocycles. The summed E-state index contributed by atoms with van der Waals surface area (Å²) in [4.78, 5) is 18.9. The van der Waals surface area contributed by atoms with Crippen molar-refractivity contribution < 1.29 is 9.32 Å². The molecular weight excluding hydrogens is 338 g/mol. The summed E-state index contributed by atoms with van der Waals surface area (Å²) in [6.45, 7) is 7.80. The number of carbonyl (C=O) groups excluding carboxylic acids is 1. The Hall–Kier alpha value is -2.19. The molecule has 0 unspecified atom stereocenters. The van der Waals surface area contributed by atoms with Crippen LogP contribution in [0.1, 0.15) is 26.8 Å². The molecule has 0 saturated carbocycles. The first kappa shape index (κ1) is 16.3. The van der Waals surface area contributed by atoms with Crippen LogP contribution in [-0.4, -0.2) is 56.8 Å². The van der Waals surface area contributed by atoms with E-state index in [0.29, 0.717) is 0 Å². The zero-order valence-corrected chi connectivity index (χ0v) is 15.5. The lowest BCUT2D eigenvalue weighted by molar-refractivity contribution is 0.0622. The first-order chi connectivity index (χ1) is 12.0. The molecule has 25 heavy (non-hydrogen) atoms. The van der Waals surface area contributed by atoms with Crippen molar-refractivity contribution in [1.82, 2.24) is 24.7 Å². The molecule has 1 fully saturated rings. The molecule has 1 aliphatic heterocycles. The molecule has 0 N–H and O–H groups in total. The van der Waals surface area contributed by atoms with E-state index in [1.54, 1.807) is 0 Å². The molecule has 7 nitrogen and oxygen atoms in total. The van der Waals surface area contributed by atoms with Gasteiger partial charge in [-0.3, -0.25) is 14.4 Å². The molecule has 0 aliphatic carbocycles. The van der Waals surface area contributed by atoms with E-state index < -0.39 is 0 Å². The Morgan fingerprint density at radius 1 is 1.24 bits per heavy atom. The van der Waals surface area contributed by atoms with Crippen molar-refractivity contribution in [2.45, 2.75) is 20.4 Å². The molecule has 0 atom stereocenters. The maximum atomic E-state index is 12.8. The van der Waals surface area contributed by atoms with E-state index in [2.05, 4.69) is 15.2 Å². The van der Waals surface area contributed by atoms with Crippen molar-refractivity contribution in [1.29, 1.82) is 0 Å². The largest absolute Gasteiger partial charge is 0.360 e. The molecule has 4 rings (SSSR count). The van der Waals surface area contributed by atoms with Crippen LogP contribution in [-0.2, 0) is 13.6 Å². The third-order valence-electron chi connectivity index (χ3n) is 4.62. The van der Waals surface area contributed by atoms with Gasteiger partial charge in [0.25, 0.3) is 5.91 Å². The Kier molecular flexibility index (Phi) is 4.09. The molecular formula is C17H21N5O2S. The molecule has 0 spiro atoms. The fourth-order valence-corrected chi connectivity index (χ4v) is 4.38. The van der Waals surface area contributed by atoms with Crippen molar-refractivity contribution in [3.63, 3.8) is 0 Å². The monoisotopic (exact) mass is 359 g/mol. The first-order valence-electron chi connectivity index (χ1n) is 8.38. The van der Waals surface area contributed by atoms with Crippen LogP contribution >= 0.6 is 11.3 Å². The molecule has 8 heteroatoms. The predicted octanol–water partition coefficient (Wildman–Crippen LogP) is 2.20. The van der Waals surface area contributed by atoms with Crippen molar-refractivity contribution in [2.75, 3.05) is 26.2 Å². The molecule has 1 saturated heterocycles. The maximum absolute atomic E-state index is 12.8. The highest BCUT2D eigenvalue weighted by Gasteiger charge is 2.25. The summed E-state index contributed by atoms with van der Waals surface area (Å²) in [6.07, 6.45) is 0. The second-order valence-corrected chi connectivity index (χ2v) is 7.57. The Labute approximate surface area is 149 Å². The maximum Gasteiger partial charge on any atom is 0.264 e. The fraction of sp³-hybridized carbons (Fsp3) is 0.471. The SMILES string of the molecule is Cc1cc(CN2CCN(C(=O)c3cc4c(C)nn(C)c4s3)CC2)on1. The van der Waals surface area contributed by atoms with Gasteiger partial charge in [-0.15, -0.1) is 11.3 Å². The number of carbonyl (C=O) groups is 1. The molecule has 3 aromatic rings. The second-order valence-electron chi connectivity index (χ2n) is 6.54. The van der Waals surface area contributed by atoms with Crippen molar-refractivity contribution in [3.05, 3.63) is 34.2 Å². The summed E-state index contributed by atoms with van der Waals surface area (Å²) in [6, 6.07) is 3.94. The Morgan fingerprint density at radius 3 is 2.64 bits per heavy atom. The average molecular weight is 359 g/mol. The number of hydrogen-bond donors (Lipinski definition) is 0. The Balaban J connectivity index is 1.41. The summed E-state index contributed by atoms with van der Waals surface area (Å²) in [5.41, 5.74) is 1.87. The summed E-state index contributed by atoms with van der Waals surface area (Å²) < 4.78 is 7.13. The third kappa shape index (κ3) is 3.07. The lowest BCUT2D eigenvalue weighted by Gasteiger charge is -2.33. The smallest absolute Gasteiger partial charge is 0.264 e.